The standard InChI is InChI=1S/C19H23F3N6O5/c1-4-5-7-27-13-14(28(10-11(2)29)18(32)25(3)15(13)30)24-17(27)26-8-6-23-9-12(26)33-16(31)19(20,21)22/h11-12,23,29H,6-10H2,1-3H3. The average molecular weight is 472 g/mol. The maximum Gasteiger partial charge on any atom is 0.491 e. The molecule has 14 heteroatoms. The number of ether oxygens (including phenoxy) is 1. The maximum atomic E-state index is 13.0. The van der Waals surface area contributed by atoms with Crippen molar-refractivity contribution in [2.24, 2.45) is 7.05 Å². The molecular weight excluding hydrogens is 449 g/mol. The minimum atomic E-state index is -5.19. The van der Waals surface area contributed by atoms with E-state index in [-0.39, 0.29) is 43.3 Å². The Labute approximate surface area is 185 Å². The van der Waals surface area contributed by atoms with Crippen molar-refractivity contribution >= 4 is 23.1 Å². The predicted molar refractivity (Wildman–Crippen MR) is 111 cm³/mol. The molecule has 2 atom stereocenters. The van der Waals surface area contributed by atoms with Crippen LogP contribution in [0.1, 0.15) is 13.8 Å². The highest BCUT2D eigenvalue weighted by atomic mass is 19.4. The van der Waals surface area contributed by atoms with E-state index >= 15 is 0 Å². The number of fused-ring (bicyclic) bond motifs is 1. The molecule has 0 aromatic carbocycles. The number of anilines is 1. The van der Waals surface area contributed by atoms with Gasteiger partial charge in [0.2, 0.25) is 5.95 Å². The van der Waals surface area contributed by atoms with Gasteiger partial charge in [0, 0.05) is 20.1 Å². The number of imidazole rings is 1. The number of aliphatic hydroxyl groups excluding tert-OH is 1. The van der Waals surface area contributed by atoms with Crippen LogP contribution in [0.5, 0.6) is 0 Å². The molecular formula is C19H23F3N6O5. The smallest absolute Gasteiger partial charge is 0.433 e. The van der Waals surface area contributed by atoms with Gasteiger partial charge in [0.05, 0.1) is 25.7 Å². The van der Waals surface area contributed by atoms with E-state index in [9.17, 15) is 32.7 Å². The number of carbonyl (C=O) groups excluding carboxylic acids is 1. The zero-order valence-corrected chi connectivity index (χ0v) is 18.1. The van der Waals surface area contributed by atoms with Crippen LogP contribution in [0, 0.1) is 11.8 Å². The van der Waals surface area contributed by atoms with E-state index in [1.54, 1.807) is 6.92 Å². The van der Waals surface area contributed by atoms with Crippen molar-refractivity contribution in [3.8, 4) is 11.8 Å². The van der Waals surface area contributed by atoms with E-state index in [4.69, 9.17) is 0 Å². The summed E-state index contributed by atoms with van der Waals surface area (Å²) in [5.41, 5.74) is -1.48. The first-order valence-corrected chi connectivity index (χ1v) is 10.00. The molecule has 180 valence electrons. The molecule has 1 aliphatic rings. The van der Waals surface area contributed by atoms with Gasteiger partial charge < -0.3 is 20.1 Å². The number of nitrogens with zero attached hydrogens (tertiary/aromatic N) is 5. The summed E-state index contributed by atoms with van der Waals surface area (Å²) in [4.78, 5) is 42.8. The zero-order valence-electron chi connectivity index (χ0n) is 18.1. The molecule has 2 unspecified atom stereocenters. The molecule has 3 rings (SSSR count). The van der Waals surface area contributed by atoms with Crippen molar-refractivity contribution in [3.63, 3.8) is 0 Å². The van der Waals surface area contributed by atoms with Crippen LogP contribution in [-0.2, 0) is 29.7 Å². The van der Waals surface area contributed by atoms with Crippen LogP contribution >= 0.6 is 0 Å². The number of halogens is 3. The molecule has 1 aliphatic heterocycles. The van der Waals surface area contributed by atoms with Crippen molar-refractivity contribution < 1.29 is 27.8 Å². The number of esters is 1. The van der Waals surface area contributed by atoms with Gasteiger partial charge in [0.1, 0.15) is 0 Å². The second-order valence-electron chi connectivity index (χ2n) is 7.46. The fraction of sp³-hybridized carbons (Fsp3) is 0.579. The van der Waals surface area contributed by atoms with Crippen molar-refractivity contribution in [1.29, 1.82) is 0 Å². The molecule has 33 heavy (non-hydrogen) atoms. The molecule has 11 nitrogen and oxygen atoms in total. The highest BCUT2D eigenvalue weighted by Gasteiger charge is 2.44. The number of rotatable bonds is 5. The third-order valence-electron chi connectivity index (χ3n) is 5.00. The number of piperazine rings is 1. The number of hydrogen-bond donors (Lipinski definition) is 2. The van der Waals surface area contributed by atoms with Crippen LogP contribution in [0.25, 0.3) is 11.2 Å². The van der Waals surface area contributed by atoms with Crippen molar-refractivity contribution in [2.75, 3.05) is 24.5 Å². The van der Waals surface area contributed by atoms with Gasteiger partial charge in [-0.2, -0.15) is 18.2 Å². The Morgan fingerprint density at radius 1 is 1.36 bits per heavy atom. The predicted octanol–water partition coefficient (Wildman–Crippen LogP) is -0.858. The average Bonchev–Trinajstić information content (AvgIpc) is 3.12. The lowest BCUT2D eigenvalue weighted by Crippen LogP contribution is -2.55. The summed E-state index contributed by atoms with van der Waals surface area (Å²) >= 11 is 0. The third kappa shape index (κ3) is 4.74. The first-order valence-electron chi connectivity index (χ1n) is 10.00. The zero-order chi connectivity index (χ0) is 24.5. The fourth-order valence-corrected chi connectivity index (χ4v) is 3.51. The van der Waals surface area contributed by atoms with Crippen LogP contribution in [0.15, 0.2) is 9.59 Å². The van der Waals surface area contributed by atoms with E-state index in [0.29, 0.717) is 6.54 Å². The van der Waals surface area contributed by atoms with Crippen LogP contribution in [0.4, 0.5) is 19.1 Å². The molecule has 0 radical (unpaired) electrons. The van der Waals surface area contributed by atoms with Gasteiger partial charge >= 0.3 is 17.8 Å². The number of aliphatic hydroxyl groups is 1. The normalized spacial score (nSPS) is 17.5. The van der Waals surface area contributed by atoms with Gasteiger partial charge in [0.15, 0.2) is 17.4 Å². The topological polar surface area (TPSA) is 124 Å². The minimum absolute atomic E-state index is 0.0104. The summed E-state index contributed by atoms with van der Waals surface area (Å²) in [5, 5.41) is 12.7. The number of alkyl halides is 3. The Hall–Kier alpha value is -3.31. The molecule has 0 saturated carbocycles. The molecule has 2 aromatic heterocycles. The van der Waals surface area contributed by atoms with Gasteiger partial charge in [-0.25, -0.2) is 9.59 Å². The molecule has 0 aliphatic carbocycles. The van der Waals surface area contributed by atoms with E-state index in [1.807, 2.05) is 0 Å². The van der Waals surface area contributed by atoms with Gasteiger partial charge in [-0.15, -0.1) is 5.92 Å². The van der Waals surface area contributed by atoms with Crippen LogP contribution < -0.4 is 21.5 Å². The summed E-state index contributed by atoms with van der Waals surface area (Å²) in [6.07, 6.45) is -7.52. The Bertz CT molecular complexity index is 1230. The highest BCUT2D eigenvalue weighted by Crippen LogP contribution is 2.25. The number of carbonyl (C=O) groups is 1. The number of nitrogens with one attached hydrogen (secondary N) is 1. The van der Waals surface area contributed by atoms with Crippen molar-refractivity contribution in [2.45, 2.75) is 45.4 Å². The number of hydrogen-bond acceptors (Lipinski definition) is 8. The Morgan fingerprint density at radius 3 is 2.67 bits per heavy atom. The van der Waals surface area contributed by atoms with Crippen LogP contribution in [0.2, 0.25) is 0 Å². The fourth-order valence-electron chi connectivity index (χ4n) is 3.51. The third-order valence-corrected chi connectivity index (χ3v) is 5.00. The van der Waals surface area contributed by atoms with Crippen LogP contribution in [-0.4, -0.2) is 67.9 Å². The molecule has 0 bridgehead atoms. The highest BCUT2D eigenvalue weighted by molar-refractivity contribution is 5.77. The molecule has 1 saturated heterocycles. The first-order chi connectivity index (χ1) is 15.5. The van der Waals surface area contributed by atoms with Gasteiger partial charge in [-0.05, 0) is 13.8 Å². The summed E-state index contributed by atoms with van der Waals surface area (Å²) < 4.78 is 46.4. The van der Waals surface area contributed by atoms with Gasteiger partial charge in [0.25, 0.3) is 5.56 Å². The summed E-state index contributed by atoms with van der Waals surface area (Å²) in [5.74, 6) is 3.11. The van der Waals surface area contributed by atoms with Gasteiger partial charge in [-0.1, -0.05) is 5.92 Å². The molecule has 2 aromatic rings. The number of aromatic nitrogens is 4. The minimum Gasteiger partial charge on any atom is -0.433 e. The lowest BCUT2D eigenvalue weighted by atomic mass is 10.3. The summed E-state index contributed by atoms with van der Waals surface area (Å²) in [6, 6.07) is 0. The molecule has 0 spiro atoms. The van der Waals surface area contributed by atoms with E-state index in [2.05, 4.69) is 26.9 Å². The largest absolute Gasteiger partial charge is 0.491 e. The Morgan fingerprint density at radius 2 is 2.06 bits per heavy atom. The van der Waals surface area contributed by atoms with E-state index in [0.717, 1.165) is 9.13 Å². The SMILES string of the molecule is CC#CCn1c(N2CCNCC2OC(=O)C(F)(F)F)nc2c1c(=O)n(C)c(=O)n2CC(C)O. The van der Waals surface area contributed by atoms with Crippen LogP contribution in [0.3, 0.4) is 0 Å². The monoisotopic (exact) mass is 472 g/mol. The maximum absolute atomic E-state index is 13.0. The molecule has 1 fully saturated rings. The quantitative estimate of drug-likeness (QED) is 0.426. The molecule has 2 N–H and O–H groups in total. The Kier molecular flexibility index (Phi) is 6.84. The molecule has 0 amide bonds. The van der Waals surface area contributed by atoms with Crippen molar-refractivity contribution in [3.05, 3.63) is 20.8 Å². The van der Waals surface area contributed by atoms with Crippen molar-refractivity contribution in [1.82, 2.24) is 24.0 Å². The second-order valence-corrected chi connectivity index (χ2v) is 7.46. The summed E-state index contributed by atoms with van der Waals surface area (Å²) in [6.45, 7) is 3.09. The first kappa shape index (κ1) is 24.3. The van der Waals surface area contributed by atoms with Gasteiger partial charge in [-0.3, -0.25) is 18.5 Å². The summed E-state index contributed by atoms with van der Waals surface area (Å²) in [7, 11) is 1.27. The Balaban J connectivity index is 2.25. The lowest BCUT2D eigenvalue weighted by molar-refractivity contribution is -0.205. The van der Waals surface area contributed by atoms with E-state index < -0.39 is 35.7 Å². The lowest BCUT2D eigenvalue weighted by Gasteiger charge is -2.36. The molecule has 3 heterocycles. The van der Waals surface area contributed by atoms with E-state index in [1.165, 1.54) is 23.4 Å². The second kappa shape index (κ2) is 9.28.